The third-order valence-electron chi connectivity index (χ3n) is 3.08. The third-order valence-corrected chi connectivity index (χ3v) is 3.08. The van der Waals surface area contributed by atoms with Crippen molar-refractivity contribution in [2.45, 2.75) is 19.3 Å². The van der Waals surface area contributed by atoms with Crippen LogP contribution in [-0.4, -0.2) is 35.2 Å². The van der Waals surface area contributed by atoms with Gasteiger partial charge in [-0.1, -0.05) is 0 Å². The zero-order chi connectivity index (χ0) is 13.7. The second kappa shape index (κ2) is 6.29. The molecule has 1 fully saturated rings. The number of amides is 1. The lowest BCUT2D eigenvalue weighted by Gasteiger charge is -2.21. The molecule has 0 bridgehead atoms. The summed E-state index contributed by atoms with van der Waals surface area (Å²) in [5.41, 5.74) is 0.473. The molecule has 1 aromatic heterocycles. The normalized spacial score (nSPS) is 16.0. The van der Waals surface area contributed by atoms with Gasteiger partial charge in [-0.05, 0) is 24.8 Å². The van der Waals surface area contributed by atoms with E-state index >= 15 is 0 Å². The molecule has 2 rings (SSSR count). The van der Waals surface area contributed by atoms with Crippen molar-refractivity contribution in [3.63, 3.8) is 0 Å². The van der Waals surface area contributed by atoms with Gasteiger partial charge in [-0.25, -0.2) is 4.79 Å². The largest absolute Gasteiger partial charge is 0.478 e. The monoisotopic (exact) mass is 264 g/mol. The van der Waals surface area contributed by atoms with E-state index < -0.39 is 5.97 Å². The first-order valence-corrected chi connectivity index (χ1v) is 6.21. The van der Waals surface area contributed by atoms with Gasteiger partial charge in [-0.3, -0.25) is 9.78 Å². The van der Waals surface area contributed by atoms with Crippen LogP contribution in [-0.2, 0) is 9.53 Å². The molecule has 0 atom stereocenters. The fourth-order valence-electron chi connectivity index (χ4n) is 2.05. The molecule has 19 heavy (non-hydrogen) atoms. The molecule has 1 aromatic rings. The SMILES string of the molecule is O=C(CC1CCOCC1)Nc1cncc(C(=O)O)c1. The number of pyridine rings is 1. The molecule has 1 amide bonds. The standard InChI is InChI=1S/C13H16N2O4/c16-12(5-9-1-3-19-4-2-9)15-11-6-10(13(17)18)7-14-8-11/h6-9H,1-5H2,(H,15,16)(H,17,18). The molecule has 0 saturated carbocycles. The maximum absolute atomic E-state index is 11.8. The number of anilines is 1. The van der Waals surface area contributed by atoms with Crippen LogP contribution >= 0.6 is 0 Å². The zero-order valence-corrected chi connectivity index (χ0v) is 10.5. The molecule has 0 radical (unpaired) electrons. The Kier molecular flexibility index (Phi) is 4.46. The lowest BCUT2D eigenvalue weighted by molar-refractivity contribution is -0.117. The molecule has 2 heterocycles. The molecular formula is C13H16N2O4. The molecular weight excluding hydrogens is 248 g/mol. The number of hydrogen-bond donors (Lipinski definition) is 2. The molecule has 102 valence electrons. The van der Waals surface area contributed by atoms with Gasteiger partial charge < -0.3 is 15.2 Å². The number of ether oxygens (including phenoxy) is 1. The van der Waals surface area contributed by atoms with Crippen LogP contribution in [0.5, 0.6) is 0 Å². The average Bonchev–Trinajstić information content (AvgIpc) is 2.40. The predicted molar refractivity (Wildman–Crippen MR) is 68.0 cm³/mol. The highest BCUT2D eigenvalue weighted by Gasteiger charge is 2.17. The van der Waals surface area contributed by atoms with Crippen LogP contribution in [0.25, 0.3) is 0 Å². The summed E-state index contributed by atoms with van der Waals surface area (Å²) in [4.78, 5) is 26.4. The van der Waals surface area contributed by atoms with E-state index in [9.17, 15) is 9.59 Å². The Hall–Kier alpha value is -1.95. The summed E-state index contributed by atoms with van der Waals surface area (Å²) < 4.78 is 5.23. The highest BCUT2D eigenvalue weighted by molar-refractivity contribution is 5.93. The van der Waals surface area contributed by atoms with Crippen LogP contribution in [0.4, 0.5) is 5.69 Å². The molecule has 1 saturated heterocycles. The summed E-state index contributed by atoms with van der Waals surface area (Å²) in [6.45, 7) is 1.40. The lowest BCUT2D eigenvalue weighted by atomic mass is 9.96. The van der Waals surface area contributed by atoms with Crippen LogP contribution < -0.4 is 5.32 Å². The molecule has 0 unspecified atom stereocenters. The maximum Gasteiger partial charge on any atom is 0.337 e. The first-order valence-electron chi connectivity index (χ1n) is 6.21. The second-order valence-corrected chi connectivity index (χ2v) is 4.58. The first kappa shape index (κ1) is 13.5. The number of carboxylic acids is 1. The van der Waals surface area contributed by atoms with Crippen LogP contribution in [0.3, 0.4) is 0 Å². The lowest BCUT2D eigenvalue weighted by Crippen LogP contribution is -2.22. The fraction of sp³-hybridized carbons (Fsp3) is 0.462. The van der Waals surface area contributed by atoms with Crippen molar-refractivity contribution in [1.29, 1.82) is 0 Å². The van der Waals surface area contributed by atoms with E-state index in [1.165, 1.54) is 18.5 Å². The number of aromatic nitrogens is 1. The molecule has 1 aliphatic rings. The van der Waals surface area contributed by atoms with E-state index in [-0.39, 0.29) is 11.5 Å². The van der Waals surface area contributed by atoms with Crippen molar-refractivity contribution in [1.82, 2.24) is 4.98 Å². The zero-order valence-electron chi connectivity index (χ0n) is 10.5. The van der Waals surface area contributed by atoms with Crippen LogP contribution in [0.1, 0.15) is 29.6 Å². The molecule has 2 N–H and O–H groups in total. The predicted octanol–water partition coefficient (Wildman–Crippen LogP) is 1.53. The van der Waals surface area contributed by atoms with Gasteiger partial charge in [0.2, 0.25) is 5.91 Å². The quantitative estimate of drug-likeness (QED) is 0.861. The van der Waals surface area contributed by atoms with Gasteiger partial charge in [0, 0.05) is 25.8 Å². The molecule has 6 heteroatoms. The minimum absolute atomic E-state index is 0.0591. The van der Waals surface area contributed by atoms with Crippen LogP contribution in [0.15, 0.2) is 18.5 Å². The van der Waals surface area contributed by atoms with Gasteiger partial charge in [0.1, 0.15) is 0 Å². The van der Waals surface area contributed by atoms with Crippen molar-refractivity contribution in [2.75, 3.05) is 18.5 Å². The summed E-state index contributed by atoms with van der Waals surface area (Å²) >= 11 is 0. The van der Waals surface area contributed by atoms with Crippen LogP contribution in [0.2, 0.25) is 0 Å². The Labute approximate surface area is 110 Å². The van der Waals surface area contributed by atoms with Gasteiger partial charge in [-0.15, -0.1) is 0 Å². The van der Waals surface area contributed by atoms with E-state index in [1.807, 2.05) is 0 Å². The summed E-state index contributed by atoms with van der Waals surface area (Å²) in [6, 6.07) is 1.40. The summed E-state index contributed by atoms with van der Waals surface area (Å²) in [5, 5.41) is 11.5. The molecule has 0 aromatic carbocycles. The minimum atomic E-state index is -1.06. The summed E-state index contributed by atoms with van der Waals surface area (Å²) in [6.07, 6.45) is 4.90. The van der Waals surface area contributed by atoms with Crippen LogP contribution in [0, 0.1) is 5.92 Å². The molecule has 1 aliphatic heterocycles. The second-order valence-electron chi connectivity index (χ2n) is 4.58. The van der Waals surface area contributed by atoms with E-state index in [2.05, 4.69) is 10.3 Å². The number of nitrogens with zero attached hydrogens (tertiary/aromatic N) is 1. The average molecular weight is 264 g/mol. The van der Waals surface area contributed by atoms with Crippen molar-refractivity contribution < 1.29 is 19.4 Å². The van der Waals surface area contributed by atoms with Gasteiger partial charge in [-0.2, -0.15) is 0 Å². The number of carboxylic acid groups (broad SMARTS) is 1. The summed E-state index contributed by atoms with van der Waals surface area (Å²) in [7, 11) is 0. The molecule has 0 spiro atoms. The molecule has 6 nitrogen and oxygen atoms in total. The van der Waals surface area contributed by atoms with Gasteiger partial charge in [0.25, 0.3) is 0 Å². The number of hydrogen-bond acceptors (Lipinski definition) is 4. The van der Waals surface area contributed by atoms with Crippen molar-refractivity contribution >= 4 is 17.6 Å². The highest BCUT2D eigenvalue weighted by atomic mass is 16.5. The number of nitrogens with one attached hydrogen (secondary N) is 1. The number of rotatable bonds is 4. The van der Waals surface area contributed by atoms with E-state index in [4.69, 9.17) is 9.84 Å². The van der Waals surface area contributed by atoms with Crippen molar-refractivity contribution in [3.05, 3.63) is 24.0 Å². The van der Waals surface area contributed by atoms with Crippen molar-refractivity contribution in [3.8, 4) is 0 Å². The number of carbonyl (C=O) groups is 2. The highest BCUT2D eigenvalue weighted by Crippen LogP contribution is 2.19. The Bertz CT molecular complexity index is 469. The smallest absolute Gasteiger partial charge is 0.337 e. The maximum atomic E-state index is 11.8. The number of carbonyl (C=O) groups excluding carboxylic acids is 1. The van der Waals surface area contributed by atoms with Gasteiger partial charge in [0.05, 0.1) is 17.4 Å². The Morgan fingerprint density at radius 2 is 2.11 bits per heavy atom. The van der Waals surface area contributed by atoms with Gasteiger partial charge >= 0.3 is 5.97 Å². The topological polar surface area (TPSA) is 88.5 Å². The Morgan fingerprint density at radius 3 is 2.79 bits per heavy atom. The Morgan fingerprint density at radius 1 is 1.37 bits per heavy atom. The first-order chi connectivity index (χ1) is 9.15. The molecule has 0 aliphatic carbocycles. The van der Waals surface area contributed by atoms with E-state index in [1.54, 1.807) is 0 Å². The summed E-state index contributed by atoms with van der Waals surface area (Å²) in [5.74, 6) is -0.839. The number of aromatic carboxylic acids is 1. The van der Waals surface area contributed by atoms with Gasteiger partial charge in [0.15, 0.2) is 0 Å². The minimum Gasteiger partial charge on any atom is -0.478 e. The third kappa shape index (κ3) is 4.03. The fourth-order valence-corrected chi connectivity index (χ4v) is 2.05. The van der Waals surface area contributed by atoms with E-state index in [0.717, 1.165) is 12.8 Å². The van der Waals surface area contributed by atoms with E-state index in [0.29, 0.717) is 31.2 Å². The van der Waals surface area contributed by atoms with Crippen molar-refractivity contribution in [2.24, 2.45) is 5.92 Å². The Balaban J connectivity index is 1.90.